The number of allylic oxidation sites excluding steroid dienone is 1. The van der Waals surface area contributed by atoms with Gasteiger partial charge in [0, 0.05) is 24.5 Å². The van der Waals surface area contributed by atoms with Gasteiger partial charge in [-0.1, -0.05) is 17.2 Å². The van der Waals surface area contributed by atoms with Crippen LogP contribution in [0.2, 0.25) is 0 Å². The van der Waals surface area contributed by atoms with Crippen LogP contribution in [0.3, 0.4) is 0 Å². The molecule has 1 aromatic heterocycles. The summed E-state index contributed by atoms with van der Waals surface area (Å²) >= 11 is 0. The minimum absolute atomic E-state index is 0.378. The number of tetrazole rings is 1. The quantitative estimate of drug-likeness (QED) is 0.793. The van der Waals surface area contributed by atoms with E-state index in [1.165, 1.54) is 0 Å². The molecule has 28 heavy (non-hydrogen) atoms. The Kier molecular flexibility index (Phi) is 5.40. The van der Waals surface area contributed by atoms with Crippen LogP contribution in [-0.4, -0.2) is 44.9 Å². The third-order valence-corrected chi connectivity index (χ3v) is 4.67. The number of esters is 1. The van der Waals surface area contributed by atoms with Crippen LogP contribution in [0.1, 0.15) is 53.1 Å². The fourth-order valence-corrected chi connectivity index (χ4v) is 3.37. The molecule has 150 valence electrons. The zero-order valence-corrected chi connectivity index (χ0v) is 17.4. The SMILES string of the molecule is CCN(CC)c1ccc(C2C(C(=O)OC(C)(C)C)=C(C)Nc3nnnn32)cc1. The first kappa shape index (κ1) is 19.9. The van der Waals surface area contributed by atoms with E-state index in [0.29, 0.717) is 17.2 Å². The Hall–Kier alpha value is -2.90. The molecule has 0 bridgehead atoms. The van der Waals surface area contributed by atoms with Gasteiger partial charge in [0.2, 0.25) is 5.95 Å². The Balaban J connectivity index is 2.03. The van der Waals surface area contributed by atoms with Crippen LogP contribution < -0.4 is 10.2 Å². The molecule has 0 saturated carbocycles. The topological polar surface area (TPSA) is 85.2 Å². The van der Waals surface area contributed by atoms with Crippen molar-refractivity contribution >= 4 is 17.6 Å². The normalized spacial score (nSPS) is 16.4. The predicted octanol–water partition coefficient (Wildman–Crippen LogP) is 3.15. The van der Waals surface area contributed by atoms with Gasteiger partial charge in [-0.15, -0.1) is 0 Å². The number of rotatable bonds is 5. The van der Waals surface area contributed by atoms with Gasteiger partial charge >= 0.3 is 5.97 Å². The average Bonchev–Trinajstić information content (AvgIpc) is 3.08. The Morgan fingerprint density at radius 1 is 1.21 bits per heavy atom. The first-order chi connectivity index (χ1) is 13.2. The lowest BCUT2D eigenvalue weighted by Gasteiger charge is -2.30. The fraction of sp³-hybridized carbons (Fsp3) is 0.500. The van der Waals surface area contributed by atoms with E-state index in [1.54, 1.807) is 4.68 Å². The number of hydrogen-bond acceptors (Lipinski definition) is 7. The molecule has 1 aromatic carbocycles. The van der Waals surface area contributed by atoms with Crippen molar-refractivity contribution in [2.75, 3.05) is 23.3 Å². The van der Waals surface area contributed by atoms with E-state index in [-0.39, 0.29) is 5.97 Å². The number of fused-ring (bicyclic) bond motifs is 1. The van der Waals surface area contributed by atoms with Gasteiger partial charge in [0.05, 0.1) is 5.57 Å². The molecular weight excluding hydrogens is 356 g/mol. The van der Waals surface area contributed by atoms with Gasteiger partial charge in [0.1, 0.15) is 11.6 Å². The summed E-state index contributed by atoms with van der Waals surface area (Å²) in [5, 5.41) is 15.0. The number of anilines is 2. The molecule has 3 rings (SSSR count). The third-order valence-electron chi connectivity index (χ3n) is 4.67. The third kappa shape index (κ3) is 3.85. The maximum atomic E-state index is 13.0. The lowest BCUT2D eigenvalue weighted by Crippen LogP contribution is -2.33. The van der Waals surface area contributed by atoms with Gasteiger partial charge in [0.25, 0.3) is 0 Å². The van der Waals surface area contributed by atoms with Crippen molar-refractivity contribution in [1.29, 1.82) is 0 Å². The monoisotopic (exact) mass is 384 g/mol. The molecule has 2 aromatic rings. The van der Waals surface area contributed by atoms with Crippen LogP contribution in [-0.2, 0) is 9.53 Å². The number of nitrogens with one attached hydrogen (secondary N) is 1. The van der Waals surface area contributed by atoms with Gasteiger partial charge in [-0.3, -0.25) is 0 Å². The van der Waals surface area contributed by atoms with Crippen molar-refractivity contribution in [3.05, 3.63) is 41.1 Å². The molecule has 2 heterocycles. The highest BCUT2D eigenvalue weighted by Gasteiger charge is 2.36. The van der Waals surface area contributed by atoms with Crippen molar-refractivity contribution < 1.29 is 9.53 Å². The zero-order valence-electron chi connectivity index (χ0n) is 17.4. The van der Waals surface area contributed by atoms with Gasteiger partial charge in [-0.05, 0) is 69.7 Å². The summed E-state index contributed by atoms with van der Waals surface area (Å²) in [5.74, 6) is 0.124. The second-order valence-corrected chi connectivity index (χ2v) is 7.78. The number of carbonyl (C=O) groups excluding carboxylic acids is 1. The van der Waals surface area contributed by atoms with E-state index in [9.17, 15) is 4.79 Å². The van der Waals surface area contributed by atoms with Crippen LogP contribution in [0.4, 0.5) is 11.6 Å². The molecular formula is C20H28N6O2. The summed E-state index contributed by atoms with van der Waals surface area (Å²) in [6, 6.07) is 7.72. The largest absolute Gasteiger partial charge is 0.456 e. The van der Waals surface area contributed by atoms with Crippen LogP contribution in [0.5, 0.6) is 0 Å². The molecule has 0 radical (unpaired) electrons. The minimum Gasteiger partial charge on any atom is -0.456 e. The highest BCUT2D eigenvalue weighted by atomic mass is 16.6. The molecule has 0 fully saturated rings. The minimum atomic E-state index is -0.595. The summed E-state index contributed by atoms with van der Waals surface area (Å²) in [7, 11) is 0. The zero-order chi connectivity index (χ0) is 20.5. The van der Waals surface area contributed by atoms with Gasteiger partial charge in [-0.2, -0.15) is 4.68 Å². The maximum absolute atomic E-state index is 13.0. The van der Waals surface area contributed by atoms with E-state index in [0.717, 1.165) is 24.3 Å². The molecule has 8 nitrogen and oxygen atoms in total. The summed E-state index contributed by atoms with van der Waals surface area (Å²) in [4.78, 5) is 15.3. The number of ether oxygens (including phenoxy) is 1. The van der Waals surface area contributed by atoms with Crippen LogP contribution in [0, 0.1) is 0 Å². The average molecular weight is 384 g/mol. The smallest absolute Gasteiger partial charge is 0.338 e. The Morgan fingerprint density at radius 3 is 2.43 bits per heavy atom. The lowest BCUT2D eigenvalue weighted by molar-refractivity contribution is -0.150. The first-order valence-electron chi connectivity index (χ1n) is 9.59. The standard InChI is InChI=1S/C20H28N6O2/c1-7-25(8-2)15-11-9-14(10-12-15)17-16(18(27)28-20(4,5)6)13(3)21-19-22-23-24-26(17)19/h9-12,17H,7-8H2,1-6H3,(H,21,22,24). The van der Waals surface area contributed by atoms with Gasteiger partial charge in [-0.25, -0.2) is 4.79 Å². The second-order valence-electron chi connectivity index (χ2n) is 7.78. The van der Waals surface area contributed by atoms with E-state index < -0.39 is 11.6 Å². The van der Waals surface area contributed by atoms with E-state index in [4.69, 9.17) is 4.74 Å². The number of nitrogens with zero attached hydrogens (tertiary/aromatic N) is 5. The van der Waals surface area contributed by atoms with Crippen LogP contribution in [0.15, 0.2) is 35.5 Å². The lowest BCUT2D eigenvalue weighted by atomic mass is 9.95. The van der Waals surface area contributed by atoms with Gasteiger partial charge < -0.3 is 15.0 Å². The predicted molar refractivity (Wildman–Crippen MR) is 108 cm³/mol. The highest BCUT2D eigenvalue weighted by Crippen LogP contribution is 2.36. The van der Waals surface area contributed by atoms with Crippen LogP contribution >= 0.6 is 0 Å². The summed E-state index contributed by atoms with van der Waals surface area (Å²) < 4.78 is 7.28. The summed E-state index contributed by atoms with van der Waals surface area (Å²) in [5.41, 5.74) is 2.66. The number of benzene rings is 1. The molecule has 0 spiro atoms. The number of aromatic nitrogens is 4. The van der Waals surface area contributed by atoms with Gasteiger partial charge in [0.15, 0.2) is 0 Å². The van der Waals surface area contributed by atoms with Crippen molar-refractivity contribution in [2.45, 2.75) is 53.2 Å². The van der Waals surface area contributed by atoms with Crippen molar-refractivity contribution in [3.63, 3.8) is 0 Å². The summed E-state index contributed by atoms with van der Waals surface area (Å²) in [6.07, 6.45) is 0. The molecule has 1 aliphatic heterocycles. The van der Waals surface area contributed by atoms with Crippen LogP contribution in [0.25, 0.3) is 0 Å². The molecule has 0 amide bonds. The molecule has 1 aliphatic rings. The van der Waals surface area contributed by atoms with E-state index in [2.05, 4.69) is 51.7 Å². The van der Waals surface area contributed by atoms with E-state index >= 15 is 0 Å². The Morgan fingerprint density at radius 2 is 1.86 bits per heavy atom. The Bertz CT molecular complexity index is 875. The maximum Gasteiger partial charge on any atom is 0.338 e. The highest BCUT2D eigenvalue weighted by molar-refractivity contribution is 5.92. The summed E-state index contributed by atoms with van der Waals surface area (Å²) in [6.45, 7) is 13.5. The molecule has 1 N–H and O–H groups in total. The molecule has 1 atom stereocenters. The molecule has 8 heteroatoms. The Labute approximate surface area is 165 Å². The van der Waals surface area contributed by atoms with Crippen molar-refractivity contribution in [3.8, 4) is 0 Å². The number of hydrogen-bond donors (Lipinski definition) is 1. The first-order valence-corrected chi connectivity index (χ1v) is 9.59. The van der Waals surface area contributed by atoms with Crippen molar-refractivity contribution in [2.24, 2.45) is 0 Å². The molecule has 1 unspecified atom stereocenters. The molecule has 0 aliphatic carbocycles. The van der Waals surface area contributed by atoms with Crippen molar-refractivity contribution in [1.82, 2.24) is 20.2 Å². The fourth-order valence-electron chi connectivity index (χ4n) is 3.37. The second kappa shape index (κ2) is 7.61. The van der Waals surface area contributed by atoms with E-state index in [1.807, 2.05) is 39.8 Å². The number of carbonyl (C=O) groups is 1. The molecule has 0 saturated heterocycles.